The molecule has 6 rings (SSSR count). The number of halogens is 4. The number of alkyl halides is 3. The lowest BCUT2D eigenvalue weighted by atomic mass is 9.95. The highest BCUT2D eigenvalue weighted by Gasteiger charge is 2.33. The molecular formula is C30H30F4N6O2S. The molecule has 226 valence electrons. The van der Waals surface area contributed by atoms with E-state index in [0.29, 0.717) is 43.6 Å². The summed E-state index contributed by atoms with van der Waals surface area (Å²) in [6, 6.07) is 9.35. The molecule has 2 aliphatic rings. The molecule has 2 fully saturated rings. The molecule has 0 radical (unpaired) electrons. The van der Waals surface area contributed by atoms with Crippen molar-refractivity contribution < 1.29 is 27.2 Å². The zero-order valence-electron chi connectivity index (χ0n) is 23.2. The highest BCUT2D eigenvalue weighted by molar-refractivity contribution is 7.09. The predicted molar refractivity (Wildman–Crippen MR) is 152 cm³/mol. The summed E-state index contributed by atoms with van der Waals surface area (Å²) in [5, 5.41) is 10.8. The zero-order chi connectivity index (χ0) is 30.1. The lowest BCUT2D eigenvalue weighted by molar-refractivity contribution is -0.137. The minimum absolute atomic E-state index is 0.0692. The average Bonchev–Trinajstić information content (AvgIpc) is 3.68. The molecule has 2 saturated heterocycles. The van der Waals surface area contributed by atoms with Gasteiger partial charge >= 0.3 is 6.18 Å². The normalized spacial score (nSPS) is 18.3. The number of aromatic nitrogens is 4. The average molecular weight is 615 g/mol. The van der Waals surface area contributed by atoms with Crippen LogP contribution in [-0.4, -0.2) is 74.2 Å². The van der Waals surface area contributed by atoms with Crippen molar-refractivity contribution in [3.05, 3.63) is 75.5 Å². The van der Waals surface area contributed by atoms with Gasteiger partial charge in [-0.25, -0.2) is 14.1 Å². The Kier molecular flexibility index (Phi) is 8.27. The van der Waals surface area contributed by atoms with E-state index in [2.05, 4.69) is 15.2 Å². The Morgan fingerprint density at radius 2 is 1.74 bits per heavy atom. The van der Waals surface area contributed by atoms with E-state index < -0.39 is 11.7 Å². The molecule has 0 aliphatic carbocycles. The third kappa shape index (κ3) is 6.32. The van der Waals surface area contributed by atoms with Crippen molar-refractivity contribution in [3.63, 3.8) is 0 Å². The number of piperidine rings is 2. The first-order valence-electron chi connectivity index (χ1n) is 14.3. The molecule has 0 spiro atoms. The Hall–Kier alpha value is -3.71. The SMILES string of the molecule is O=CC(Cc1ccc(F)cc1)N1CCC(c2nc(C(=O)N3CCC(n4nnc5cc(C(F)(F)F)ccc54)CC3)cs2)CC1. The summed E-state index contributed by atoms with van der Waals surface area (Å²) >= 11 is 1.49. The summed E-state index contributed by atoms with van der Waals surface area (Å²) in [5.41, 5.74) is 1.33. The number of rotatable bonds is 7. The first-order valence-corrected chi connectivity index (χ1v) is 15.2. The second-order valence-electron chi connectivity index (χ2n) is 11.2. The first-order chi connectivity index (χ1) is 20.7. The molecule has 2 aromatic carbocycles. The second-order valence-corrected chi connectivity index (χ2v) is 12.1. The molecule has 4 heterocycles. The van der Waals surface area contributed by atoms with E-state index in [-0.39, 0.29) is 35.2 Å². The second kappa shape index (κ2) is 12.1. The zero-order valence-corrected chi connectivity index (χ0v) is 24.0. The van der Waals surface area contributed by atoms with E-state index in [0.717, 1.165) is 54.9 Å². The molecule has 13 heteroatoms. The third-order valence-corrected chi connectivity index (χ3v) is 9.51. The van der Waals surface area contributed by atoms with Crippen LogP contribution in [-0.2, 0) is 17.4 Å². The third-order valence-electron chi connectivity index (χ3n) is 8.50. The maximum atomic E-state index is 13.3. The van der Waals surface area contributed by atoms with Crippen LogP contribution in [0.25, 0.3) is 11.0 Å². The van der Waals surface area contributed by atoms with Crippen molar-refractivity contribution in [3.8, 4) is 0 Å². The van der Waals surface area contributed by atoms with Crippen LogP contribution in [0.3, 0.4) is 0 Å². The van der Waals surface area contributed by atoms with Gasteiger partial charge in [-0.15, -0.1) is 16.4 Å². The minimum Gasteiger partial charge on any atom is -0.337 e. The molecule has 1 amide bonds. The number of likely N-dealkylation sites (tertiary alicyclic amines) is 2. The summed E-state index contributed by atoms with van der Waals surface area (Å²) < 4.78 is 54.1. The number of thiazole rings is 1. The monoisotopic (exact) mass is 614 g/mol. The summed E-state index contributed by atoms with van der Waals surface area (Å²) in [7, 11) is 0. The van der Waals surface area contributed by atoms with Crippen molar-refractivity contribution in [2.75, 3.05) is 26.2 Å². The number of aldehydes is 1. The lowest BCUT2D eigenvalue weighted by Gasteiger charge is -2.34. The Morgan fingerprint density at radius 3 is 2.42 bits per heavy atom. The lowest BCUT2D eigenvalue weighted by Crippen LogP contribution is -2.43. The molecule has 0 bridgehead atoms. The van der Waals surface area contributed by atoms with Gasteiger partial charge in [-0.2, -0.15) is 13.2 Å². The van der Waals surface area contributed by atoms with Gasteiger partial charge in [0.25, 0.3) is 5.91 Å². The number of amides is 1. The fraction of sp³-hybridized carbons (Fsp3) is 0.433. The number of hydrogen-bond acceptors (Lipinski definition) is 7. The van der Waals surface area contributed by atoms with E-state index in [4.69, 9.17) is 4.98 Å². The topological polar surface area (TPSA) is 84.2 Å². The van der Waals surface area contributed by atoms with Gasteiger partial charge in [-0.1, -0.05) is 17.3 Å². The van der Waals surface area contributed by atoms with E-state index in [1.54, 1.807) is 21.7 Å². The molecule has 43 heavy (non-hydrogen) atoms. The van der Waals surface area contributed by atoms with E-state index in [1.165, 1.54) is 29.5 Å². The van der Waals surface area contributed by atoms with Crippen molar-refractivity contribution in [2.24, 2.45) is 0 Å². The minimum atomic E-state index is -4.44. The molecule has 0 N–H and O–H groups in total. The van der Waals surface area contributed by atoms with Crippen LogP contribution >= 0.6 is 11.3 Å². The van der Waals surface area contributed by atoms with E-state index in [1.807, 2.05) is 5.38 Å². The van der Waals surface area contributed by atoms with Crippen LogP contribution in [0.4, 0.5) is 17.6 Å². The van der Waals surface area contributed by atoms with Crippen molar-refractivity contribution in [1.29, 1.82) is 0 Å². The van der Waals surface area contributed by atoms with Crippen LogP contribution in [0.5, 0.6) is 0 Å². The molecule has 0 saturated carbocycles. The van der Waals surface area contributed by atoms with Gasteiger partial charge in [0.1, 0.15) is 23.3 Å². The fourth-order valence-electron chi connectivity index (χ4n) is 6.04. The Balaban J connectivity index is 1.02. The van der Waals surface area contributed by atoms with E-state index >= 15 is 0 Å². The Labute approximate surface area is 249 Å². The van der Waals surface area contributed by atoms with Crippen LogP contribution in [0.15, 0.2) is 47.8 Å². The summed E-state index contributed by atoms with van der Waals surface area (Å²) in [6.45, 7) is 2.44. The van der Waals surface area contributed by atoms with E-state index in [9.17, 15) is 27.2 Å². The quantitative estimate of drug-likeness (QED) is 0.202. The van der Waals surface area contributed by atoms with Gasteiger partial charge in [0, 0.05) is 24.4 Å². The van der Waals surface area contributed by atoms with Gasteiger partial charge in [0.05, 0.1) is 28.2 Å². The Morgan fingerprint density at radius 1 is 1.02 bits per heavy atom. The summed E-state index contributed by atoms with van der Waals surface area (Å²) in [6.07, 6.45) is -0.0718. The maximum Gasteiger partial charge on any atom is 0.416 e. The van der Waals surface area contributed by atoms with Gasteiger partial charge in [-0.3, -0.25) is 9.69 Å². The number of fused-ring (bicyclic) bond motifs is 1. The number of carbonyl (C=O) groups is 2. The van der Waals surface area contributed by atoms with Crippen LogP contribution in [0.1, 0.15) is 64.3 Å². The molecular weight excluding hydrogens is 584 g/mol. The number of carbonyl (C=O) groups excluding carboxylic acids is 2. The van der Waals surface area contributed by atoms with Crippen LogP contribution in [0.2, 0.25) is 0 Å². The molecule has 2 aromatic heterocycles. The van der Waals surface area contributed by atoms with Crippen molar-refractivity contribution in [2.45, 2.75) is 56.3 Å². The number of benzene rings is 2. The number of nitrogens with zero attached hydrogens (tertiary/aromatic N) is 6. The van der Waals surface area contributed by atoms with Crippen molar-refractivity contribution in [1.82, 2.24) is 29.8 Å². The molecule has 4 aromatic rings. The molecule has 1 atom stereocenters. The smallest absolute Gasteiger partial charge is 0.337 e. The van der Waals surface area contributed by atoms with Crippen molar-refractivity contribution >= 4 is 34.6 Å². The van der Waals surface area contributed by atoms with Gasteiger partial charge in [0.15, 0.2) is 0 Å². The highest BCUT2D eigenvalue weighted by Crippen LogP contribution is 2.34. The van der Waals surface area contributed by atoms with Gasteiger partial charge < -0.3 is 9.69 Å². The molecule has 8 nitrogen and oxygen atoms in total. The summed E-state index contributed by atoms with van der Waals surface area (Å²) in [4.78, 5) is 33.7. The van der Waals surface area contributed by atoms with Crippen LogP contribution in [0, 0.1) is 5.82 Å². The maximum absolute atomic E-state index is 13.3. The van der Waals surface area contributed by atoms with Gasteiger partial charge in [0.2, 0.25) is 0 Å². The molecule has 2 aliphatic heterocycles. The standard InChI is InChI=1S/C30H30F4N6O2S/c31-22-4-1-19(2-5-22)15-24(17-41)38-11-7-20(8-12-38)28-35-26(18-43-28)29(42)39-13-9-23(10-14-39)40-27-6-3-21(30(32,33)34)16-25(27)36-37-40/h1-6,16-18,20,23-24H,7-15H2. The molecule has 1 unspecified atom stereocenters. The first kappa shape index (κ1) is 29.4. The van der Waals surface area contributed by atoms with Crippen LogP contribution < -0.4 is 0 Å². The largest absolute Gasteiger partial charge is 0.416 e. The predicted octanol–water partition coefficient (Wildman–Crippen LogP) is 5.51. The Bertz CT molecular complexity index is 1590. The number of hydrogen-bond donors (Lipinski definition) is 0. The van der Waals surface area contributed by atoms with Gasteiger partial charge in [-0.05, 0) is 81.1 Å². The fourth-order valence-corrected chi connectivity index (χ4v) is 7.01. The summed E-state index contributed by atoms with van der Waals surface area (Å²) in [5.74, 6) is -0.214. The highest BCUT2D eigenvalue weighted by atomic mass is 32.1.